The van der Waals surface area contributed by atoms with Gasteiger partial charge in [-0.1, -0.05) is 6.42 Å². The molecular formula is C15H23N3O. The van der Waals surface area contributed by atoms with E-state index in [1.807, 2.05) is 19.1 Å². The number of amides is 1. The fourth-order valence-electron chi connectivity index (χ4n) is 2.52. The summed E-state index contributed by atoms with van der Waals surface area (Å²) in [5, 5.41) is 6.51. The molecule has 1 fully saturated rings. The minimum absolute atomic E-state index is 0.0508. The van der Waals surface area contributed by atoms with Crippen LogP contribution < -0.4 is 10.6 Å². The summed E-state index contributed by atoms with van der Waals surface area (Å²) in [6.07, 6.45) is 8.80. The number of nitrogens with one attached hydrogen (secondary N) is 2. The Morgan fingerprint density at radius 2 is 2.26 bits per heavy atom. The molecule has 0 radical (unpaired) electrons. The van der Waals surface area contributed by atoms with Crippen molar-refractivity contribution in [2.24, 2.45) is 0 Å². The quantitative estimate of drug-likeness (QED) is 0.854. The lowest BCUT2D eigenvalue weighted by molar-refractivity contribution is -0.122. The van der Waals surface area contributed by atoms with Crippen molar-refractivity contribution >= 4 is 5.91 Å². The van der Waals surface area contributed by atoms with Crippen LogP contribution in [0.4, 0.5) is 0 Å². The van der Waals surface area contributed by atoms with Crippen molar-refractivity contribution in [2.75, 3.05) is 6.54 Å². The van der Waals surface area contributed by atoms with Crippen LogP contribution >= 0.6 is 0 Å². The van der Waals surface area contributed by atoms with E-state index < -0.39 is 0 Å². The molecule has 0 saturated carbocycles. The second-order valence-electron chi connectivity index (χ2n) is 5.26. The fraction of sp³-hybridized carbons (Fsp3) is 0.600. The number of piperidine rings is 1. The number of hydrogen-bond acceptors (Lipinski definition) is 3. The average molecular weight is 261 g/mol. The molecule has 1 aromatic rings. The molecule has 19 heavy (non-hydrogen) atoms. The number of hydrogen-bond donors (Lipinski definition) is 2. The lowest BCUT2D eigenvalue weighted by atomic mass is 10.0. The molecule has 1 saturated heterocycles. The highest BCUT2D eigenvalue weighted by Gasteiger charge is 2.15. The lowest BCUT2D eigenvalue weighted by Crippen LogP contribution is -2.35. The van der Waals surface area contributed by atoms with Gasteiger partial charge in [0.15, 0.2) is 0 Å². The van der Waals surface area contributed by atoms with E-state index in [4.69, 9.17) is 0 Å². The Labute approximate surface area is 115 Å². The first-order valence-corrected chi connectivity index (χ1v) is 7.18. The summed E-state index contributed by atoms with van der Waals surface area (Å²) >= 11 is 0. The van der Waals surface area contributed by atoms with E-state index in [1.165, 1.54) is 19.3 Å². The van der Waals surface area contributed by atoms with Crippen LogP contribution in [0.2, 0.25) is 0 Å². The maximum Gasteiger partial charge on any atom is 0.220 e. The second kappa shape index (κ2) is 7.24. The van der Waals surface area contributed by atoms with Gasteiger partial charge >= 0.3 is 0 Å². The van der Waals surface area contributed by atoms with Crippen LogP contribution in [0.15, 0.2) is 24.5 Å². The van der Waals surface area contributed by atoms with E-state index >= 15 is 0 Å². The Morgan fingerprint density at radius 1 is 1.47 bits per heavy atom. The summed E-state index contributed by atoms with van der Waals surface area (Å²) in [6.45, 7) is 3.10. The van der Waals surface area contributed by atoms with Crippen LogP contribution in [-0.2, 0) is 4.79 Å². The number of rotatable bonds is 5. The van der Waals surface area contributed by atoms with Crippen molar-refractivity contribution < 1.29 is 4.79 Å². The molecule has 2 unspecified atom stereocenters. The van der Waals surface area contributed by atoms with E-state index in [1.54, 1.807) is 12.4 Å². The molecule has 2 atom stereocenters. The first-order valence-electron chi connectivity index (χ1n) is 7.18. The molecule has 2 heterocycles. The number of aromatic nitrogens is 1. The van der Waals surface area contributed by atoms with Crippen LogP contribution in [0.1, 0.15) is 50.6 Å². The Kier molecular flexibility index (Phi) is 5.33. The van der Waals surface area contributed by atoms with Gasteiger partial charge in [0.25, 0.3) is 0 Å². The first kappa shape index (κ1) is 14.0. The summed E-state index contributed by atoms with van der Waals surface area (Å²) in [5.41, 5.74) is 1.10. The predicted molar refractivity (Wildman–Crippen MR) is 75.7 cm³/mol. The smallest absolute Gasteiger partial charge is 0.220 e. The molecule has 1 aliphatic rings. The van der Waals surface area contributed by atoms with E-state index in [0.717, 1.165) is 18.5 Å². The largest absolute Gasteiger partial charge is 0.350 e. The van der Waals surface area contributed by atoms with Crippen LogP contribution in [0.25, 0.3) is 0 Å². The van der Waals surface area contributed by atoms with E-state index in [2.05, 4.69) is 15.6 Å². The first-order chi connectivity index (χ1) is 9.25. The van der Waals surface area contributed by atoms with E-state index in [-0.39, 0.29) is 11.9 Å². The Bertz CT molecular complexity index is 388. The molecule has 2 rings (SSSR count). The maximum atomic E-state index is 11.9. The third-order valence-electron chi connectivity index (χ3n) is 3.72. The van der Waals surface area contributed by atoms with Gasteiger partial charge in [0, 0.05) is 24.9 Å². The molecule has 0 aromatic carbocycles. The maximum absolute atomic E-state index is 11.9. The number of carbonyl (C=O) groups is 1. The predicted octanol–water partition coefficient (Wildman–Crippen LogP) is 2.18. The van der Waals surface area contributed by atoms with Gasteiger partial charge in [0.1, 0.15) is 0 Å². The highest BCUT2D eigenvalue weighted by molar-refractivity contribution is 5.76. The SMILES string of the molecule is CC(NC(=O)CCC1CCCCN1)c1ccncc1. The zero-order valence-electron chi connectivity index (χ0n) is 11.6. The summed E-state index contributed by atoms with van der Waals surface area (Å²) in [7, 11) is 0. The Hall–Kier alpha value is -1.42. The van der Waals surface area contributed by atoms with Crippen LogP contribution in [0.3, 0.4) is 0 Å². The van der Waals surface area contributed by atoms with Crippen molar-refractivity contribution in [1.82, 2.24) is 15.6 Å². The van der Waals surface area contributed by atoms with Crippen molar-refractivity contribution in [3.05, 3.63) is 30.1 Å². The van der Waals surface area contributed by atoms with Gasteiger partial charge in [0.05, 0.1) is 6.04 Å². The minimum atomic E-state index is 0.0508. The van der Waals surface area contributed by atoms with Gasteiger partial charge < -0.3 is 10.6 Å². The number of pyridine rings is 1. The third-order valence-corrected chi connectivity index (χ3v) is 3.72. The third kappa shape index (κ3) is 4.63. The molecule has 4 nitrogen and oxygen atoms in total. The van der Waals surface area contributed by atoms with Crippen LogP contribution in [0.5, 0.6) is 0 Å². The summed E-state index contributed by atoms with van der Waals surface area (Å²) < 4.78 is 0. The van der Waals surface area contributed by atoms with Gasteiger partial charge in [-0.15, -0.1) is 0 Å². The molecule has 1 amide bonds. The summed E-state index contributed by atoms with van der Waals surface area (Å²) in [4.78, 5) is 15.9. The molecule has 1 aromatic heterocycles. The molecular weight excluding hydrogens is 238 g/mol. The molecule has 0 aliphatic carbocycles. The second-order valence-corrected chi connectivity index (χ2v) is 5.26. The number of carbonyl (C=O) groups excluding carboxylic acids is 1. The van der Waals surface area contributed by atoms with Gasteiger partial charge in [-0.3, -0.25) is 9.78 Å². The fourth-order valence-corrected chi connectivity index (χ4v) is 2.52. The van der Waals surface area contributed by atoms with Gasteiger partial charge in [0.2, 0.25) is 5.91 Å². The monoisotopic (exact) mass is 261 g/mol. The highest BCUT2D eigenvalue weighted by atomic mass is 16.1. The summed E-state index contributed by atoms with van der Waals surface area (Å²) in [6, 6.07) is 4.45. The highest BCUT2D eigenvalue weighted by Crippen LogP contribution is 2.13. The molecule has 0 spiro atoms. The van der Waals surface area contributed by atoms with Crippen molar-refractivity contribution in [1.29, 1.82) is 0 Å². The Morgan fingerprint density at radius 3 is 2.95 bits per heavy atom. The van der Waals surface area contributed by atoms with E-state index in [9.17, 15) is 4.79 Å². The van der Waals surface area contributed by atoms with Crippen molar-refractivity contribution in [3.8, 4) is 0 Å². The van der Waals surface area contributed by atoms with Gasteiger partial charge in [-0.25, -0.2) is 0 Å². The lowest BCUT2D eigenvalue weighted by Gasteiger charge is -2.23. The topological polar surface area (TPSA) is 54.0 Å². The minimum Gasteiger partial charge on any atom is -0.350 e. The Balaban J connectivity index is 1.71. The van der Waals surface area contributed by atoms with Crippen LogP contribution in [0, 0.1) is 0 Å². The van der Waals surface area contributed by atoms with Crippen molar-refractivity contribution in [2.45, 2.75) is 51.1 Å². The van der Waals surface area contributed by atoms with E-state index in [0.29, 0.717) is 12.5 Å². The molecule has 2 N–H and O–H groups in total. The molecule has 1 aliphatic heterocycles. The normalized spacial score (nSPS) is 20.8. The standard InChI is InChI=1S/C15H23N3O/c1-12(13-7-10-16-11-8-13)18-15(19)6-5-14-4-2-3-9-17-14/h7-8,10-12,14,17H,2-6,9H2,1H3,(H,18,19). The zero-order valence-corrected chi connectivity index (χ0v) is 11.6. The molecule has 4 heteroatoms. The van der Waals surface area contributed by atoms with Gasteiger partial charge in [-0.05, 0) is 50.4 Å². The molecule has 104 valence electrons. The van der Waals surface area contributed by atoms with Crippen LogP contribution in [-0.4, -0.2) is 23.5 Å². The molecule has 0 bridgehead atoms. The average Bonchev–Trinajstić information content (AvgIpc) is 2.47. The number of nitrogens with zero attached hydrogens (tertiary/aromatic N) is 1. The van der Waals surface area contributed by atoms with Gasteiger partial charge in [-0.2, -0.15) is 0 Å². The summed E-state index contributed by atoms with van der Waals surface area (Å²) in [5.74, 6) is 0.136. The van der Waals surface area contributed by atoms with Crippen molar-refractivity contribution in [3.63, 3.8) is 0 Å². The zero-order chi connectivity index (χ0) is 13.5.